The van der Waals surface area contributed by atoms with Gasteiger partial charge in [0.1, 0.15) is 27.9 Å². The maximum atomic E-state index is 16.0. The maximum Gasteiger partial charge on any atom is 0.256 e. The number of morpholine rings is 1. The monoisotopic (exact) mass is 668 g/mol. The van der Waals surface area contributed by atoms with Gasteiger partial charge in [0.05, 0.1) is 24.3 Å². The van der Waals surface area contributed by atoms with Crippen molar-refractivity contribution in [3.8, 4) is 17.2 Å². The average molecular weight is 669 g/mol. The summed E-state index contributed by atoms with van der Waals surface area (Å²) in [5.74, 6) is -0.404. The second kappa shape index (κ2) is 13.4. The number of carbonyl (C=O) groups is 1. The van der Waals surface area contributed by atoms with Gasteiger partial charge in [-0.3, -0.25) is 14.5 Å². The van der Waals surface area contributed by atoms with Crippen LogP contribution >= 0.6 is 0 Å². The molecule has 3 aliphatic heterocycles. The molecule has 12 heteroatoms. The number of pyridine rings is 1. The predicted octanol–water partition coefficient (Wildman–Crippen LogP) is 4.64. The summed E-state index contributed by atoms with van der Waals surface area (Å²) in [6, 6.07) is 12.7. The molecular formula is C37H41FN6O5. The van der Waals surface area contributed by atoms with E-state index in [2.05, 4.69) is 32.4 Å². The Morgan fingerprint density at radius 1 is 0.878 bits per heavy atom. The van der Waals surface area contributed by atoms with Crippen LogP contribution in [-0.2, 0) is 4.74 Å². The van der Waals surface area contributed by atoms with Crippen LogP contribution in [0.2, 0.25) is 0 Å². The fourth-order valence-electron chi connectivity index (χ4n) is 7.17. The summed E-state index contributed by atoms with van der Waals surface area (Å²) in [5.41, 5.74) is 1.95. The number of ether oxygens (including phenoxy) is 2. The molecule has 3 aliphatic rings. The van der Waals surface area contributed by atoms with Crippen LogP contribution in [0, 0.1) is 5.82 Å². The zero-order chi connectivity index (χ0) is 33.5. The molecule has 11 nitrogen and oxygen atoms in total. The summed E-state index contributed by atoms with van der Waals surface area (Å²) in [6.45, 7) is 9.90. The van der Waals surface area contributed by atoms with Crippen molar-refractivity contribution in [2.75, 3.05) is 91.0 Å². The Kier molecular flexibility index (Phi) is 8.71. The Morgan fingerprint density at radius 3 is 2.45 bits per heavy atom. The SMILES string of the molecule is CN1CCN(CCCNc2c(F)cc3c(=O)c(C(=O)NCCCN4CCOCC4)cn4c3c2Oc2cc3c(cc2-4)oc2ccccc23)CC1. The van der Waals surface area contributed by atoms with E-state index in [0.717, 1.165) is 81.6 Å². The molecule has 256 valence electrons. The molecule has 2 saturated heterocycles. The molecule has 0 radical (unpaired) electrons. The molecule has 0 aliphatic carbocycles. The number of para-hydroxylation sites is 1. The quantitative estimate of drug-likeness (QED) is 0.202. The van der Waals surface area contributed by atoms with Crippen molar-refractivity contribution in [3.63, 3.8) is 0 Å². The lowest BCUT2D eigenvalue weighted by Crippen LogP contribution is -2.44. The number of rotatable bonds is 10. The van der Waals surface area contributed by atoms with Gasteiger partial charge in [-0.05, 0) is 51.2 Å². The molecule has 2 N–H and O–H groups in total. The van der Waals surface area contributed by atoms with E-state index >= 15 is 4.39 Å². The molecule has 2 aromatic heterocycles. The first kappa shape index (κ1) is 31.8. The van der Waals surface area contributed by atoms with Crippen LogP contribution < -0.4 is 20.8 Å². The smallest absolute Gasteiger partial charge is 0.256 e. The van der Waals surface area contributed by atoms with Gasteiger partial charge in [0.2, 0.25) is 5.43 Å². The van der Waals surface area contributed by atoms with Crippen LogP contribution in [-0.4, -0.2) is 111 Å². The van der Waals surface area contributed by atoms with E-state index in [4.69, 9.17) is 13.9 Å². The molecule has 5 heterocycles. The van der Waals surface area contributed by atoms with E-state index in [1.54, 1.807) is 10.8 Å². The van der Waals surface area contributed by atoms with Crippen molar-refractivity contribution in [1.82, 2.24) is 24.6 Å². The van der Waals surface area contributed by atoms with Crippen LogP contribution in [0.15, 0.2) is 57.9 Å². The highest BCUT2D eigenvalue weighted by atomic mass is 19.1. The highest BCUT2D eigenvalue weighted by Gasteiger charge is 2.29. The van der Waals surface area contributed by atoms with Gasteiger partial charge >= 0.3 is 0 Å². The summed E-state index contributed by atoms with van der Waals surface area (Å²) < 4.78 is 35.9. The van der Waals surface area contributed by atoms with Crippen molar-refractivity contribution in [3.05, 3.63) is 70.3 Å². The number of hydrogen-bond acceptors (Lipinski definition) is 9. The van der Waals surface area contributed by atoms with Crippen LogP contribution in [0.1, 0.15) is 23.2 Å². The minimum Gasteiger partial charge on any atom is -0.456 e. The molecule has 0 spiro atoms. The third-order valence-corrected chi connectivity index (χ3v) is 9.96. The number of halogens is 1. The van der Waals surface area contributed by atoms with E-state index in [9.17, 15) is 9.59 Å². The van der Waals surface area contributed by atoms with Crippen molar-refractivity contribution < 1.29 is 23.1 Å². The Labute approximate surface area is 283 Å². The summed E-state index contributed by atoms with van der Waals surface area (Å²) in [6.07, 6.45) is 3.10. The number of aromatic nitrogens is 1. The lowest BCUT2D eigenvalue weighted by Gasteiger charge is -2.32. The number of likely N-dealkylation sites (N-methyl/N-ethyl adjacent to an activating group) is 1. The molecule has 5 aromatic rings. The number of amides is 1. The van der Waals surface area contributed by atoms with Crippen LogP contribution in [0.3, 0.4) is 0 Å². The summed E-state index contributed by atoms with van der Waals surface area (Å²) in [4.78, 5) is 34.5. The van der Waals surface area contributed by atoms with Gasteiger partial charge in [-0.25, -0.2) is 4.39 Å². The number of benzene rings is 3. The third-order valence-electron chi connectivity index (χ3n) is 9.96. The van der Waals surface area contributed by atoms with Gasteiger partial charge in [-0.1, -0.05) is 18.2 Å². The Bertz CT molecular complexity index is 2100. The Balaban J connectivity index is 1.14. The van der Waals surface area contributed by atoms with Crippen molar-refractivity contribution in [2.24, 2.45) is 0 Å². The number of carbonyl (C=O) groups excluding carboxylic acids is 1. The molecule has 0 bridgehead atoms. The zero-order valence-corrected chi connectivity index (χ0v) is 27.7. The number of anilines is 1. The third kappa shape index (κ3) is 6.14. The van der Waals surface area contributed by atoms with E-state index < -0.39 is 17.2 Å². The lowest BCUT2D eigenvalue weighted by atomic mass is 10.0. The lowest BCUT2D eigenvalue weighted by molar-refractivity contribution is 0.0374. The van der Waals surface area contributed by atoms with Gasteiger partial charge in [-0.2, -0.15) is 0 Å². The summed E-state index contributed by atoms with van der Waals surface area (Å²) in [7, 11) is 2.13. The van der Waals surface area contributed by atoms with Gasteiger partial charge in [0.25, 0.3) is 5.91 Å². The molecule has 1 amide bonds. The van der Waals surface area contributed by atoms with Gasteiger partial charge in [0, 0.05) is 75.4 Å². The van der Waals surface area contributed by atoms with Crippen molar-refractivity contribution >= 4 is 44.4 Å². The molecule has 3 aromatic carbocycles. The first-order valence-corrected chi connectivity index (χ1v) is 17.2. The topological polar surface area (TPSA) is 104 Å². The number of fused-ring (bicyclic) bond motifs is 5. The van der Waals surface area contributed by atoms with Gasteiger partial charge in [-0.15, -0.1) is 0 Å². The molecule has 8 rings (SSSR count). The molecule has 0 atom stereocenters. The van der Waals surface area contributed by atoms with E-state index in [1.165, 1.54) is 6.07 Å². The minimum atomic E-state index is -0.605. The normalized spacial score (nSPS) is 17.0. The first-order chi connectivity index (χ1) is 23.9. The van der Waals surface area contributed by atoms with Crippen LogP contribution in [0.4, 0.5) is 10.1 Å². The Hall–Kier alpha value is -4.49. The summed E-state index contributed by atoms with van der Waals surface area (Å²) in [5, 5.41) is 8.06. The number of piperazine rings is 1. The maximum absolute atomic E-state index is 16.0. The van der Waals surface area contributed by atoms with Crippen LogP contribution in [0.5, 0.6) is 11.5 Å². The second-order valence-corrected chi connectivity index (χ2v) is 13.2. The molecular weight excluding hydrogens is 627 g/mol. The molecule has 0 saturated carbocycles. The predicted molar refractivity (Wildman–Crippen MR) is 188 cm³/mol. The Morgan fingerprint density at radius 2 is 1.63 bits per heavy atom. The number of nitrogens with one attached hydrogen (secondary N) is 2. The van der Waals surface area contributed by atoms with Crippen molar-refractivity contribution in [1.29, 1.82) is 0 Å². The number of hydrogen-bond donors (Lipinski definition) is 2. The molecule has 49 heavy (non-hydrogen) atoms. The second-order valence-electron chi connectivity index (χ2n) is 13.2. The zero-order valence-electron chi connectivity index (χ0n) is 27.7. The first-order valence-electron chi connectivity index (χ1n) is 17.2. The number of furan rings is 1. The van der Waals surface area contributed by atoms with Gasteiger partial charge in [0.15, 0.2) is 17.3 Å². The van der Waals surface area contributed by atoms with Crippen molar-refractivity contribution in [2.45, 2.75) is 12.8 Å². The highest BCUT2D eigenvalue weighted by molar-refractivity contribution is 6.07. The average Bonchev–Trinajstić information content (AvgIpc) is 3.48. The minimum absolute atomic E-state index is 0.0605. The standard InChI is InChI=1S/C37H41FN6O5/c1-41-12-14-42(15-13-41)10-4-8-39-33-28(38)20-26-34-36(33)49-32-21-25-24-6-2-3-7-30(24)48-31(25)22-29(32)44(34)23-27(35(26)45)37(46)40-9-5-11-43-16-18-47-19-17-43/h2-3,6-7,20-23,39H,4-5,8-19H2,1H3,(H,40,46). The van der Waals surface area contributed by atoms with E-state index in [1.807, 2.05) is 36.4 Å². The van der Waals surface area contributed by atoms with Gasteiger partial charge < -0.3 is 38.9 Å². The van der Waals surface area contributed by atoms with E-state index in [-0.39, 0.29) is 22.4 Å². The largest absolute Gasteiger partial charge is 0.456 e. The van der Waals surface area contributed by atoms with E-state index in [0.29, 0.717) is 48.8 Å². The molecule has 2 fully saturated rings. The fourth-order valence-corrected chi connectivity index (χ4v) is 7.17. The fraction of sp³-hybridized carbons (Fsp3) is 0.405. The molecule has 0 unspecified atom stereocenters. The summed E-state index contributed by atoms with van der Waals surface area (Å²) >= 11 is 0. The highest BCUT2D eigenvalue weighted by Crippen LogP contribution is 2.47. The number of nitrogens with zero attached hydrogens (tertiary/aromatic N) is 4. The van der Waals surface area contributed by atoms with Crippen LogP contribution in [0.25, 0.3) is 38.5 Å².